The van der Waals surface area contributed by atoms with Crippen molar-refractivity contribution in [2.75, 3.05) is 13.2 Å². The number of aliphatic hydroxyl groups is 1. The van der Waals surface area contributed by atoms with Crippen LogP contribution < -0.4 is 5.73 Å². The van der Waals surface area contributed by atoms with Gasteiger partial charge in [-0.15, -0.1) is 0 Å². The first-order valence-electron chi connectivity index (χ1n) is 5.59. The molecule has 19 heavy (non-hydrogen) atoms. The number of rotatable bonds is 6. The molecule has 106 valence electrons. The van der Waals surface area contributed by atoms with Crippen molar-refractivity contribution >= 4 is 5.97 Å². The number of carbonyl (C=O) groups is 1. The van der Waals surface area contributed by atoms with Crippen LogP contribution >= 0.6 is 0 Å². The summed E-state index contributed by atoms with van der Waals surface area (Å²) in [6, 6.07) is 0.357. The van der Waals surface area contributed by atoms with Gasteiger partial charge >= 0.3 is 5.97 Å². The van der Waals surface area contributed by atoms with Gasteiger partial charge in [0.2, 0.25) is 0 Å². The molecular formula is C12H14F3NO3. The minimum Gasteiger partial charge on any atom is -0.463 e. The minimum atomic E-state index is -1.28. The number of carbonyl (C=O) groups excluding carboxylic acids is 1. The van der Waals surface area contributed by atoms with Crippen LogP contribution in [0.2, 0.25) is 0 Å². The van der Waals surface area contributed by atoms with Crippen molar-refractivity contribution in [3.63, 3.8) is 0 Å². The zero-order valence-electron chi connectivity index (χ0n) is 10.0. The van der Waals surface area contributed by atoms with Gasteiger partial charge in [0.15, 0.2) is 11.6 Å². The van der Waals surface area contributed by atoms with Gasteiger partial charge in [-0.05, 0) is 18.1 Å². The smallest absolute Gasteiger partial charge is 0.307 e. The number of nitrogens with two attached hydrogens (primary N) is 1. The maximum Gasteiger partial charge on any atom is 0.307 e. The van der Waals surface area contributed by atoms with Crippen molar-refractivity contribution in [1.82, 2.24) is 0 Å². The fourth-order valence-electron chi connectivity index (χ4n) is 1.51. The molecule has 0 fully saturated rings. The van der Waals surface area contributed by atoms with Gasteiger partial charge in [-0.2, -0.15) is 0 Å². The maximum absolute atomic E-state index is 13.3. The van der Waals surface area contributed by atoms with Crippen molar-refractivity contribution in [3.05, 3.63) is 35.1 Å². The van der Waals surface area contributed by atoms with Crippen LogP contribution in [0.3, 0.4) is 0 Å². The van der Waals surface area contributed by atoms with Crippen LogP contribution in [0.25, 0.3) is 0 Å². The third-order valence-electron chi connectivity index (χ3n) is 2.35. The van der Waals surface area contributed by atoms with E-state index in [0.29, 0.717) is 12.1 Å². The highest BCUT2D eigenvalue weighted by atomic mass is 19.2. The Kier molecular flexibility index (Phi) is 5.78. The van der Waals surface area contributed by atoms with Gasteiger partial charge in [0.25, 0.3) is 0 Å². The van der Waals surface area contributed by atoms with Crippen LogP contribution in [-0.4, -0.2) is 30.3 Å². The van der Waals surface area contributed by atoms with Crippen molar-refractivity contribution in [1.29, 1.82) is 0 Å². The first-order valence-corrected chi connectivity index (χ1v) is 5.59. The topological polar surface area (TPSA) is 72.6 Å². The fourth-order valence-corrected chi connectivity index (χ4v) is 1.51. The summed E-state index contributed by atoms with van der Waals surface area (Å²) in [6.07, 6.45) is -0.338. The maximum atomic E-state index is 13.3. The average Bonchev–Trinajstić information content (AvgIpc) is 2.33. The van der Waals surface area contributed by atoms with Gasteiger partial charge in [-0.25, -0.2) is 13.2 Å². The molecule has 0 amide bonds. The predicted octanol–water partition coefficient (Wildman–Crippen LogP) is 0.899. The molecule has 0 heterocycles. The molecule has 1 aromatic carbocycles. The highest BCUT2D eigenvalue weighted by Gasteiger charge is 2.16. The second-order valence-electron chi connectivity index (χ2n) is 3.97. The summed E-state index contributed by atoms with van der Waals surface area (Å²) in [4.78, 5) is 11.2. The zero-order valence-corrected chi connectivity index (χ0v) is 10.0. The highest BCUT2D eigenvalue weighted by Crippen LogP contribution is 2.15. The Morgan fingerprint density at radius 2 is 1.89 bits per heavy atom. The van der Waals surface area contributed by atoms with E-state index >= 15 is 0 Å². The molecule has 0 aliphatic heterocycles. The second-order valence-corrected chi connectivity index (χ2v) is 3.97. The molecule has 0 bridgehead atoms. The second kappa shape index (κ2) is 7.10. The van der Waals surface area contributed by atoms with Crippen molar-refractivity contribution in [2.45, 2.75) is 18.9 Å². The van der Waals surface area contributed by atoms with Gasteiger partial charge in [0, 0.05) is 12.1 Å². The van der Waals surface area contributed by atoms with Crippen LogP contribution in [0, 0.1) is 17.5 Å². The summed E-state index contributed by atoms with van der Waals surface area (Å²) < 4.78 is 43.5. The number of aliphatic hydroxyl groups excluding tert-OH is 1. The lowest BCUT2D eigenvalue weighted by atomic mass is 10.0. The predicted molar refractivity (Wildman–Crippen MR) is 60.7 cm³/mol. The third kappa shape index (κ3) is 4.88. The van der Waals surface area contributed by atoms with Crippen molar-refractivity contribution < 1.29 is 27.8 Å². The number of ether oxygens (including phenoxy) is 1. The molecule has 0 saturated heterocycles. The molecular weight excluding hydrogens is 263 g/mol. The Bertz CT molecular complexity index is 454. The first kappa shape index (κ1) is 15.5. The lowest BCUT2D eigenvalue weighted by Crippen LogP contribution is -2.28. The van der Waals surface area contributed by atoms with E-state index in [4.69, 9.17) is 10.8 Å². The van der Waals surface area contributed by atoms with E-state index in [1.54, 1.807) is 0 Å². The largest absolute Gasteiger partial charge is 0.463 e. The molecule has 0 unspecified atom stereocenters. The van der Waals surface area contributed by atoms with E-state index in [1.807, 2.05) is 0 Å². The van der Waals surface area contributed by atoms with E-state index in [-0.39, 0.29) is 31.6 Å². The minimum absolute atomic E-state index is 0.110. The highest BCUT2D eigenvalue weighted by molar-refractivity contribution is 5.70. The lowest BCUT2D eigenvalue weighted by Gasteiger charge is -2.12. The van der Waals surface area contributed by atoms with E-state index in [2.05, 4.69) is 4.74 Å². The Balaban J connectivity index is 2.59. The van der Waals surface area contributed by atoms with Crippen LogP contribution in [-0.2, 0) is 16.0 Å². The number of hydrogen-bond donors (Lipinski definition) is 2. The fraction of sp³-hybridized carbons (Fsp3) is 0.417. The summed E-state index contributed by atoms with van der Waals surface area (Å²) in [5, 5.41) is 8.44. The summed E-state index contributed by atoms with van der Waals surface area (Å²) in [5.74, 6) is -4.02. The first-order chi connectivity index (χ1) is 8.93. The van der Waals surface area contributed by atoms with Gasteiger partial charge in [-0.1, -0.05) is 0 Å². The normalized spacial score (nSPS) is 12.3. The van der Waals surface area contributed by atoms with Crippen LogP contribution in [0.15, 0.2) is 12.1 Å². The Morgan fingerprint density at radius 1 is 1.26 bits per heavy atom. The number of esters is 1. The van der Waals surface area contributed by atoms with Crippen LogP contribution in [0.4, 0.5) is 13.2 Å². The SMILES string of the molecule is N[C@@H](CC(=O)OCCO)Cc1cc(F)c(F)cc1F. The van der Waals surface area contributed by atoms with Crippen molar-refractivity contribution in [2.24, 2.45) is 5.73 Å². The molecule has 0 spiro atoms. The summed E-state index contributed by atoms with van der Waals surface area (Å²) in [6.45, 7) is -0.454. The van der Waals surface area contributed by atoms with E-state index in [0.717, 1.165) is 0 Å². The molecule has 1 atom stereocenters. The van der Waals surface area contributed by atoms with Gasteiger partial charge in [0.1, 0.15) is 12.4 Å². The molecule has 7 heteroatoms. The van der Waals surface area contributed by atoms with Gasteiger partial charge in [-0.3, -0.25) is 4.79 Å². The number of hydrogen-bond acceptors (Lipinski definition) is 4. The van der Waals surface area contributed by atoms with E-state index in [1.165, 1.54) is 0 Å². The molecule has 0 aliphatic carbocycles. The van der Waals surface area contributed by atoms with Gasteiger partial charge in [0.05, 0.1) is 13.0 Å². The summed E-state index contributed by atoms with van der Waals surface area (Å²) in [5.41, 5.74) is 5.48. The third-order valence-corrected chi connectivity index (χ3v) is 2.35. The molecule has 4 nitrogen and oxygen atoms in total. The molecule has 0 radical (unpaired) electrons. The van der Waals surface area contributed by atoms with Crippen molar-refractivity contribution in [3.8, 4) is 0 Å². The Labute approximate surface area is 108 Å². The molecule has 1 rings (SSSR count). The summed E-state index contributed by atoms with van der Waals surface area (Å²) in [7, 11) is 0. The molecule has 1 aromatic rings. The molecule has 0 aliphatic rings. The lowest BCUT2D eigenvalue weighted by molar-refractivity contribution is -0.145. The zero-order chi connectivity index (χ0) is 14.4. The standard InChI is InChI=1S/C12H14F3NO3/c13-9-6-11(15)10(14)4-7(9)3-8(16)5-12(18)19-2-1-17/h4,6,8,17H,1-3,5,16H2/t8-/m1/s1. The monoisotopic (exact) mass is 277 g/mol. The Morgan fingerprint density at radius 3 is 2.53 bits per heavy atom. The molecule has 0 saturated carbocycles. The van der Waals surface area contributed by atoms with Crippen LogP contribution in [0.5, 0.6) is 0 Å². The Hall–Kier alpha value is -1.60. The van der Waals surface area contributed by atoms with Crippen LogP contribution in [0.1, 0.15) is 12.0 Å². The number of halogens is 3. The molecule has 3 N–H and O–H groups in total. The summed E-state index contributed by atoms with van der Waals surface area (Å²) >= 11 is 0. The van der Waals surface area contributed by atoms with E-state index < -0.39 is 29.5 Å². The number of benzene rings is 1. The molecule has 0 aromatic heterocycles. The average molecular weight is 277 g/mol. The van der Waals surface area contributed by atoms with E-state index in [9.17, 15) is 18.0 Å². The quantitative estimate of drug-likeness (QED) is 0.598. The van der Waals surface area contributed by atoms with Gasteiger partial charge < -0.3 is 15.6 Å².